The van der Waals surface area contributed by atoms with Crippen LogP contribution in [0.5, 0.6) is 0 Å². The summed E-state index contributed by atoms with van der Waals surface area (Å²) in [5, 5.41) is 8.11. The summed E-state index contributed by atoms with van der Waals surface area (Å²) in [4.78, 5) is 41.7. The molecule has 0 unspecified atom stereocenters. The molecule has 1 fully saturated rings. The van der Waals surface area contributed by atoms with Gasteiger partial charge in [-0.1, -0.05) is 24.3 Å². The molecule has 8 heteroatoms. The van der Waals surface area contributed by atoms with Gasteiger partial charge < -0.3 is 10.2 Å². The highest BCUT2D eigenvalue weighted by Gasteiger charge is 2.21. The van der Waals surface area contributed by atoms with Crippen LogP contribution in [-0.4, -0.2) is 35.8 Å². The van der Waals surface area contributed by atoms with E-state index in [0.717, 1.165) is 42.8 Å². The zero-order valence-electron chi connectivity index (χ0n) is 18.5. The molecule has 170 valence electrons. The summed E-state index contributed by atoms with van der Waals surface area (Å²) in [5.41, 5.74) is 4.34. The van der Waals surface area contributed by atoms with Gasteiger partial charge in [-0.15, -0.1) is 11.3 Å². The third-order valence-corrected chi connectivity index (χ3v) is 6.26. The van der Waals surface area contributed by atoms with Gasteiger partial charge in [0.2, 0.25) is 11.8 Å². The first-order valence-corrected chi connectivity index (χ1v) is 11.9. The van der Waals surface area contributed by atoms with Crippen molar-refractivity contribution in [1.29, 1.82) is 0 Å². The highest BCUT2D eigenvalue weighted by Crippen LogP contribution is 2.26. The van der Waals surface area contributed by atoms with Gasteiger partial charge in [0.05, 0.1) is 5.69 Å². The van der Waals surface area contributed by atoms with Crippen molar-refractivity contribution in [3.63, 3.8) is 0 Å². The predicted molar refractivity (Wildman–Crippen MR) is 131 cm³/mol. The Labute approximate surface area is 196 Å². The van der Waals surface area contributed by atoms with E-state index in [0.29, 0.717) is 23.7 Å². The first kappa shape index (κ1) is 22.7. The minimum Gasteiger partial charge on any atom is -0.356 e. The molecule has 0 bridgehead atoms. The van der Waals surface area contributed by atoms with Gasteiger partial charge in [-0.2, -0.15) is 0 Å². The number of hydrogen-bond donors (Lipinski definition) is 2. The lowest BCUT2D eigenvalue weighted by molar-refractivity contribution is -0.119. The average molecular weight is 463 g/mol. The van der Waals surface area contributed by atoms with E-state index in [1.807, 2.05) is 29.6 Å². The molecule has 0 atom stereocenters. The molecule has 2 heterocycles. The number of carbonyl (C=O) groups is 3. The number of nitrogens with one attached hydrogen (secondary N) is 2. The molecule has 0 spiro atoms. The molecule has 3 amide bonds. The fourth-order valence-corrected chi connectivity index (χ4v) is 4.46. The number of rotatable bonds is 8. The van der Waals surface area contributed by atoms with Gasteiger partial charge in [0.25, 0.3) is 5.91 Å². The Morgan fingerprint density at radius 1 is 1.09 bits per heavy atom. The average Bonchev–Trinajstić information content (AvgIpc) is 3.46. The van der Waals surface area contributed by atoms with Gasteiger partial charge in [0, 0.05) is 48.6 Å². The second-order valence-electron chi connectivity index (χ2n) is 7.97. The third-order valence-electron chi connectivity index (χ3n) is 5.51. The topological polar surface area (TPSA) is 91.4 Å². The number of nitrogens with zero attached hydrogens (tertiary/aromatic N) is 2. The molecule has 1 saturated heterocycles. The lowest BCUT2D eigenvalue weighted by Gasteiger charge is -2.15. The minimum absolute atomic E-state index is 0.00708. The molecule has 1 aliphatic rings. The summed E-state index contributed by atoms with van der Waals surface area (Å²) in [7, 11) is 0. The summed E-state index contributed by atoms with van der Waals surface area (Å²) in [6.07, 6.45) is 3.23. The third kappa shape index (κ3) is 5.84. The molecule has 1 aromatic heterocycles. The van der Waals surface area contributed by atoms with Crippen molar-refractivity contribution in [3.05, 3.63) is 65.0 Å². The molecule has 3 aromatic rings. The maximum absolute atomic E-state index is 12.6. The number of amides is 3. The molecule has 1 aliphatic heterocycles. The smallest absolute Gasteiger partial charge is 0.257 e. The van der Waals surface area contributed by atoms with Crippen molar-refractivity contribution in [3.8, 4) is 11.3 Å². The predicted octanol–water partition coefficient (Wildman–Crippen LogP) is 4.26. The van der Waals surface area contributed by atoms with Crippen LogP contribution in [0.3, 0.4) is 0 Å². The number of benzene rings is 2. The zero-order valence-corrected chi connectivity index (χ0v) is 19.3. The minimum atomic E-state index is -0.232. The second kappa shape index (κ2) is 10.4. The largest absolute Gasteiger partial charge is 0.356 e. The highest BCUT2D eigenvalue weighted by atomic mass is 32.1. The van der Waals surface area contributed by atoms with Gasteiger partial charge in [0.1, 0.15) is 0 Å². The van der Waals surface area contributed by atoms with E-state index in [1.165, 1.54) is 23.8 Å². The Morgan fingerprint density at radius 2 is 1.85 bits per heavy atom. The Bertz CT molecular complexity index is 1140. The van der Waals surface area contributed by atoms with Crippen LogP contribution in [0.15, 0.2) is 53.9 Å². The number of aryl methyl sites for hydroxylation is 1. The summed E-state index contributed by atoms with van der Waals surface area (Å²) in [5.74, 6) is -0.113. The van der Waals surface area contributed by atoms with Gasteiger partial charge in [-0.05, 0) is 49.1 Å². The molecule has 33 heavy (non-hydrogen) atoms. The van der Waals surface area contributed by atoms with E-state index in [9.17, 15) is 14.4 Å². The second-order valence-corrected chi connectivity index (χ2v) is 8.83. The number of aromatic nitrogens is 1. The van der Waals surface area contributed by atoms with Crippen molar-refractivity contribution in [1.82, 2.24) is 10.3 Å². The Kier molecular flexibility index (Phi) is 7.14. The Hall–Kier alpha value is -3.52. The van der Waals surface area contributed by atoms with E-state index in [-0.39, 0.29) is 17.7 Å². The van der Waals surface area contributed by atoms with Crippen LogP contribution in [0, 0.1) is 0 Å². The van der Waals surface area contributed by atoms with E-state index >= 15 is 0 Å². The molecule has 0 aliphatic carbocycles. The van der Waals surface area contributed by atoms with Gasteiger partial charge in [-0.25, -0.2) is 4.98 Å². The van der Waals surface area contributed by atoms with Crippen molar-refractivity contribution in [2.24, 2.45) is 0 Å². The van der Waals surface area contributed by atoms with E-state index in [1.54, 1.807) is 17.0 Å². The monoisotopic (exact) mass is 462 g/mol. The fraction of sp³-hybridized carbons (Fsp3) is 0.280. The number of hydrogen-bond acceptors (Lipinski definition) is 5. The number of anilines is 2. The molecule has 2 N–H and O–H groups in total. The normalized spacial score (nSPS) is 13.2. The van der Waals surface area contributed by atoms with E-state index in [4.69, 9.17) is 0 Å². The number of thiazole rings is 1. The van der Waals surface area contributed by atoms with E-state index < -0.39 is 0 Å². The van der Waals surface area contributed by atoms with Crippen molar-refractivity contribution >= 4 is 39.9 Å². The Balaban J connectivity index is 1.33. The van der Waals surface area contributed by atoms with Crippen LogP contribution in [-0.2, 0) is 16.0 Å². The molecule has 0 radical (unpaired) electrons. The van der Waals surface area contributed by atoms with Crippen LogP contribution in [0.4, 0.5) is 10.8 Å². The first-order valence-electron chi connectivity index (χ1n) is 11.0. The summed E-state index contributed by atoms with van der Waals surface area (Å²) < 4.78 is 0. The maximum atomic E-state index is 12.6. The molecular weight excluding hydrogens is 436 g/mol. The maximum Gasteiger partial charge on any atom is 0.257 e. The van der Waals surface area contributed by atoms with Crippen LogP contribution < -0.4 is 15.5 Å². The summed E-state index contributed by atoms with van der Waals surface area (Å²) >= 11 is 1.38. The van der Waals surface area contributed by atoms with Gasteiger partial charge in [0.15, 0.2) is 5.13 Å². The van der Waals surface area contributed by atoms with Crippen molar-refractivity contribution in [2.45, 2.75) is 32.6 Å². The van der Waals surface area contributed by atoms with Crippen molar-refractivity contribution in [2.75, 3.05) is 23.3 Å². The molecule has 2 aromatic carbocycles. The molecule has 4 rings (SSSR count). The number of carbonyl (C=O) groups excluding carboxylic acids is 3. The summed E-state index contributed by atoms with van der Waals surface area (Å²) in [6, 6.07) is 15.2. The van der Waals surface area contributed by atoms with Crippen LogP contribution in [0.2, 0.25) is 0 Å². The first-order chi connectivity index (χ1) is 16.0. The van der Waals surface area contributed by atoms with Crippen LogP contribution in [0.1, 0.15) is 42.1 Å². The van der Waals surface area contributed by atoms with Gasteiger partial charge >= 0.3 is 0 Å². The molecule has 7 nitrogen and oxygen atoms in total. The lowest BCUT2D eigenvalue weighted by Crippen LogP contribution is -2.23. The zero-order chi connectivity index (χ0) is 23.2. The SMILES string of the molecule is CC(=O)NCCCc1ccc(-c2csc(NC(=O)c3ccc(N4CCCC4=O)cc3)n2)cc1. The quantitative estimate of drug-likeness (QED) is 0.490. The summed E-state index contributed by atoms with van der Waals surface area (Å²) in [6.45, 7) is 2.92. The molecule has 0 saturated carbocycles. The van der Waals surface area contributed by atoms with Crippen molar-refractivity contribution < 1.29 is 14.4 Å². The standard InChI is InChI=1S/C25H26N4O3S/c1-17(30)26-14-2-4-18-6-8-19(9-7-18)22-16-33-25(27-22)28-24(32)20-10-12-21(13-11-20)29-15-3-5-23(29)31/h6-13,16H,2-5,14-15H2,1H3,(H,26,30)(H,27,28,32). The Morgan fingerprint density at radius 3 is 2.52 bits per heavy atom. The van der Waals surface area contributed by atoms with E-state index in [2.05, 4.69) is 27.8 Å². The lowest BCUT2D eigenvalue weighted by atomic mass is 10.1. The fourth-order valence-electron chi connectivity index (χ4n) is 3.75. The molecular formula is C25H26N4O3S. The van der Waals surface area contributed by atoms with Crippen LogP contribution >= 0.6 is 11.3 Å². The van der Waals surface area contributed by atoms with Crippen LogP contribution in [0.25, 0.3) is 11.3 Å². The highest BCUT2D eigenvalue weighted by molar-refractivity contribution is 7.14. The van der Waals surface area contributed by atoms with Gasteiger partial charge in [-0.3, -0.25) is 19.7 Å².